The van der Waals surface area contributed by atoms with Gasteiger partial charge in [-0.2, -0.15) is 13.2 Å². The number of carbonyl (C=O) groups is 1. The first kappa shape index (κ1) is 16.3. The van der Waals surface area contributed by atoms with E-state index in [2.05, 4.69) is 9.80 Å². The van der Waals surface area contributed by atoms with Crippen LogP contribution >= 0.6 is 0 Å². The number of hydrogen-bond donors (Lipinski definition) is 1. The number of aromatic carboxylic acids is 1. The third-order valence-corrected chi connectivity index (χ3v) is 4.82. The molecule has 1 aliphatic heterocycles. The zero-order valence-electron chi connectivity index (χ0n) is 12.9. The Morgan fingerprint density at radius 1 is 1.22 bits per heavy atom. The Morgan fingerprint density at radius 2 is 1.87 bits per heavy atom. The Morgan fingerprint density at radius 3 is 2.43 bits per heavy atom. The van der Waals surface area contributed by atoms with Crippen molar-refractivity contribution in [3.63, 3.8) is 0 Å². The number of aryl methyl sites for hydroxylation is 1. The van der Waals surface area contributed by atoms with Gasteiger partial charge in [0, 0.05) is 32.2 Å². The minimum absolute atomic E-state index is 0.266. The molecule has 0 bridgehead atoms. The van der Waals surface area contributed by atoms with Crippen molar-refractivity contribution in [3.05, 3.63) is 34.4 Å². The van der Waals surface area contributed by atoms with Crippen LogP contribution in [0.5, 0.6) is 0 Å². The number of likely N-dealkylation sites (N-methyl/N-ethyl adjacent to an activating group) is 1. The topological polar surface area (TPSA) is 43.8 Å². The number of carboxylic acids is 1. The summed E-state index contributed by atoms with van der Waals surface area (Å²) in [5, 5.41) is 9.07. The molecule has 0 spiro atoms. The fourth-order valence-corrected chi connectivity index (χ4v) is 3.61. The van der Waals surface area contributed by atoms with Gasteiger partial charge in [-0.3, -0.25) is 4.90 Å². The quantitative estimate of drug-likeness (QED) is 0.906. The number of benzene rings is 1. The van der Waals surface area contributed by atoms with Gasteiger partial charge < -0.3 is 10.0 Å². The second kappa shape index (κ2) is 5.79. The van der Waals surface area contributed by atoms with E-state index in [9.17, 15) is 18.0 Å². The number of nitrogens with zero attached hydrogens (tertiary/aromatic N) is 2. The molecule has 1 atom stereocenters. The maximum Gasteiger partial charge on any atom is 0.416 e. The van der Waals surface area contributed by atoms with Gasteiger partial charge in [-0.05, 0) is 43.1 Å². The average molecular weight is 328 g/mol. The molecule has 23 heavy (non-hydrogen) atoms. The first-order chi connectivity index (χ1) is 10.8. The number of alkyl halides is 3. The number of halogens is 3. The maximum absolute atomic E-state index is 13.5. The predicted molar refractivity (Wildman–Crippen MR) is 78.5 cm³/mol. The first-order valence-electron chi connectivity index (χ1n) is 7.67. The molecule has 1 aliphatic carbocycles. The Labute approximate surface area is 132 Å². The van der Waals surface area contributed by atoms with E-state index in [1.165, 1.54) is 6.07 Å². The molecule has 3 rings (SSSR count). The molecule has 1 N–H and O–H groups in total. The summed E-state index contributed by atoms with van der Waals surface area (Å²) in [4.78, 5) is 15.4. The molecule has 1 saturated heterocycles. The number of hydrogen-bond acceptors (Lipinski definition) is 3. The highest BCUT2D eigenvalue weighted by atomic mass is 19.4. The van der Waals surface area contributed by atoms with E-state index in [-0.39, 0.29) is 17.2 Å². The van der Waals surface area contributed by atoms with Crippen LogP contribution < -0.4 is 0 Å². The SMILES string of the molecule is CN1CCN(C2CCc3cc(C(=O)O)cc(C(F)(F)F)c32)CC1. The van der Waals surface area contributed by atoms with Crippen LogP contribution in [0.4, 0.5) is 13.2 Å². The van der Waals surface area contributed by atoms with Crippen LogP contribution in [0.1, 0.15) is 39.5 Å². The molecule has 0 aromatic heterocycles. The van der Waals surface area contributed by atoms with Gasteiger partial charge >= 0.3 is 12.1 Å². The van der Waals surface area contributed by atoms with Gasteiger partial charge in [-0.25, -0.2) is 4.79 Å². The van der Waals surface area contributed by atoms with Crippen molar-refractivity contribution in [2.24, 2.45) is 0 Å². The fraction of sp³-hybridized carbons (Fsp3) is 0.562. The molecule has 0 radical (unpaired) electrons. The van der Waals surface area contributed by atoms with E-state index in [1.54, 1.807) is 0 Å². The molecule has 4 nitrogen and oxygen atoms in total. The van der Waals surface area contributed by atoms with Gasteiger partial charge in [0.2, 0.25) is 0 Å². The van der Waals surface area contributed by atoms with Crippen LogP contribution in [0.3, 0.4) is 0 Å². The standard InChI is InChI=1S/C16H19F3N2O2/c1-20-4-6-21(7-5-20)13-3-2-10-8-11(15(22)23)9-12(14(10)13)16(17,18)19/h8-9,13H,2-7H2,1H3,(H,22,23). The van der Waals surface area contributed by atoms with Gasteiger partial charge in [0.05, 0.1) is 11.1 Å². The number of piperazine rings is 1. The van der Waals surface area contributed by atoms with Crippen molar-refractivity contribution < 1.29 is 23.1 Å². The largest absolute Gasteiger partial charge is 0.478 e. The highest BCUT2D eigenvalue weighted by Gasteiger charge is 2.41. The average Bonchev–Trinajstić information content (AvgIpc) is 2.89. The lowest BCUT2D eigenvalue weighted by Crippen LogP contribution is -2.45. The Hall–Kier alpha value is -1.60. The zero-order valence-corrected chi connectivity index (χ0v) is 12.9. The lowest BCUT2D eigenvalue weighted by atomic mass is 9.96. The minimum atomic E-state index is -4.54. The third kappa shape index (κ3) is 3.07. The summed E-state index contributed by atoms with van der Waals surface area (Å²) in [7, 11) is 2.00. The summed E-state index contributed by atoms with van der Waals surface area (Å²) < 4.78 is 40.4. The third-order valence-electron chi connectivity index (χ3n) is 4.82. The van der Waals surface area contributed by atoms with E-state index in [4.69, 9.17) is 5.11 Å². The summed E-state index contributed by atoms with van der Waals surface area (Å²) in [5.41, 5.74) is -0.253. The van der Waals surface area contributed by atoms with Crippen molar-refractivity contribution in [3.8, 4) is 0 Å². The molecule has 126 valence electrons. The van der Waals surface area contributed by atoms with Gasteiger partial charge in [-0.15, -0.1) is 0 Å². The van der Waals surface area contributed by atoms with E-state index in [0.717, 1.165) is 32.2 Å². The van der Waals surface area contributed by atoms with Crippen LogP contribution in [0.2, 0.25) is 0 Å². The maximum atomic E-state index is 13.5. The van der Waals surface area contributed by atoms with Crippen LogP contribution in [0, 0.1) is 0 Å². The van der Waals surface area contributed by atoms with Crippen molar-refractivity contribution >= 4 is 5.97 Å². The van der Waals surface area contributed by atoms with Crippen molar-refractivity contribution in [1.82, 2.24) is 9.80 Å². The predicted octanol–water partition coefficient (Wildman–Crippen LogP) is 2.64. The number of fused-ring (bicyclic) bond motifs is 1. The van der Waals surface area contributed by atoms with Gasteiger partial charge in [0.25, 0.3) is 0 Å². The smallest absolute Gasteiger partial charge is 0.416 e. The summed E-state index contributed by atoms with van der Waals surface area (Å²) in [6.45, 7) is 3.14. The van der Waals surface area contributed by atoms with Crippen LogP contribution in [0.15, 0.2) is 12.1 Å². The molecule has 1 aromatic carbocycles. The van der Waals surface area contributed by atoms with Gasteiger partial charge in [0.15, 0.2) is 0 Å². The highest BCUT2D eigenvalue weighted by Crippen LogP contribution is 2.44. The molecule has 1 fully saturated rings. The van der Waals surface area contributed by atoms with Crippen molar-refractivity contribution in [1.29, 1.82) is 0 Å². The van der Waals surface area contributed by atoms with Crippen LogP contribution in [0.25, 0.3) is 0 Å². The Bertz CT molecular complexity index is 622. The van der Waals surface area contributed by atoms with E-state index >= 15 is 0 Å². The first-order valence-corrected chi connectivity index (χ1v) is 7.67. The molecule has 7 heteroatoms. The molecule has 1 aromatic rings. The molecule has 1 heterocycles. The molecule has 1 unspecified atom stereocenters. The lowest BCUT2D eigenvalue weighted by molar-refractivity contribution is -0.138. The highest BCUT2D eigenvalue weighted by molar-refractivity contribution is 5.88. The van der Waals surface area contributed by atoms with Gasteiger partial charge in [0.1, 0.15) is 0 Å². The Balaban J connectivity index is 2.02. The van der Waals surface area contributed by atoms with Crippen molar-refractivity contribution in [2.45, 2.75) is 25.1 Å². The fourth-order valence-electron chi connectivity index (χ4n) is 3.61. The van der Waals surface area contributed by atoms with E-state index < -0.39 is 17.7 Å². The van der Waals surface area contributed by atoms with Crippen molar-refractivity contribution in [2.75, 3.05) is 33.2 Å². The molecular formula is C16H19F3N2O2. The monoisotopic (exact) mass is 328 g/mol. The van der Waals surface area contributed by atoms with E-state index in [0.29, 0.717) is 18.4 Å². The van der Waals surface area contributed by atoms with Gasteiger partial charge in [-0.1, -0.05) is 0 Å². The lowest BCUT2D eigenvalue weighted by Gasteiger charge is -2.37. The summed E-state index contributed by atoms with van der Waals surface area (Å²) in [5.74, 6) is -1.32. The summed E-state index contributed by atoms with van der Waals surface area (Å²) in [6.07, 6.45) is -3.42. The molecule has 0 amide bonds. The molecule has 2 aliphatic rings. The summed E-state index contributed by atoms with van der Waals surface area (Å²) >= 11 is 0. The minimum Gasteiger partial charge on any atom is -0.478 e. The van der Waals surface area contributed by atoms with Crippen LogP contribution in [-0.2, 0) is 12.6 Å². The molecule has 0 saturated carbocycles. The second-order valence-electron chi connectivity index (χ2n) is 6.29. The zero-order chi connectivity index (χ0) is 16.8. The normalized spacial score (nSPS) is 23.0. The molecular weight excluding hydrogens is 309 g/mol. The number of rotatable bonds is 2. The summed E-state index contributed by atoms with van der Waals surface area (Å²) in [6, 6.07) is 1.93. The van der Waals surface area contributed by atoms with Crippen LogP contribution in [-0.4, -0.2) is 54.1 Å². The second-order valence-corrected chi connectivity index (χ2v) is 6.29. The van der Waals surface area contributed by atoms with E-state index in [1.807, 2.05) is 7.05 Å². The number of carboxylic acid groups (broad SMARTS) is 1. The Kier molecular flexibility index (Phi) is 4.10.